The number of piperazine rings is 1. The van der Waals surface area contributed by atoms with E-state index in [1.54, 1.807) is 35.2 Å². The van der Waals surface area contributed by atoms with Crippen LogP contribution in [-0.2, 0) is 19.4 Å². The molecule has 8 nitrogen and oxygen atoms in total. The number of carboxylic acids is 1. The van der Waals surface area contributed by atoms with Crippen LogP contribution >= 0.6 is 0 Å². The zero-order valence-electron chi connectivity index (χ0n) is 17.0. The number of hydrogen-bond donors (Lipinski definition) is 2. The summed E-state index contributed by atoms with van der Waals surface area (Å²) in [7, 11) is -3.93. The molecule has 2 rings (SSSR count). The average molecular weight is 427 g/mol. The number of aliphatic hydroxyl groups is 1. The fourth-order valence-corrected chi connectivity index (χ4v) is 5.16. The molecule has 1 saturated heterocycles. The van der Waals surface area contributed by atoms with Crippen molar-refractivity contribution in [2.75, 3.05) is 45.1 Å². The van der Waals surface area contributed by atoms with Gasteiger partial charge in [-0.2, -0.15) is 0 Å². The van der Waals surface area contributed by atoms with Crippen LogP contribution in [0.1, 0.15) is 31.7 Å². The lowest BCUT2D eigenvalue weighted by Gasteiger charge is -2.38. The summed E-state index contributed by atoms with van der Waals surface area (Å²) in [4.78, 5) is 27.9. The van der Waals surface area contributed by atoms with Crippen molar-refractivity contribution in [3.05, 3.63) is 35.9 Å². The Hall–Kier alpha value is -1.97. The summed E-state index contributed by atoms with van der Waals surface area (Å²) >= 11 is 0. The van der Waals surface area contributed by atoms with Crippen LogP contribution < -0.4 is 0 Å². The molecule has 1 atom stereocenters. The molecule has 0 radical (unpaired) electrons. The molecule has 1 aromatic rings. The molecule has 1 fully saturated rings. The number of amides is 1. The van der Waals surface area contributed by atoms with Gasteiger partial charge in [0, 0.05) is 38.6 Å². The van der Waals surface area contributed by atoms with Crippen LogP contribution in [0.25, 0.3) is 0 Å². The van der Waals surface area contributed by atoms with Crippen molar-refractivity contribution in [1.82, 2.24) is 9.80 Å². The zero-order valence-corrected chi connectivity index (χ0v) is 17.8. The highest BCUT2D eigenvalue weighted by Gasteiger charge is 2.45. The quantitative estimate of drug-likeness (QED) is 0.593. The van der Waals surface area contributed by atoms with E-state index in [1.807, 2.05) is 4.90 Å². The van der Waals surface area contributed by atoms with Gasteiger partial charge in [0.2, 0.25) is 5.91 Å². The van der Waals surface area contributed by atoms with Crippen LogP contribution in [0.15, 0.2) is 30.3 Å². The number of aliphatic carboxylic acids is 1. The van der Waals surface area contributed by atoms with E-state index in [9.17, 15) is 23.1 Å². The first-order valence-electron chi connectivity index (χ1n) is 9.70. The van der Waals surface area contributed by atoms with E-state index in [-0.39, 0.29) is 13.0 Å². The van der Waals surface area contributed by atoms with Crippen LogP contribution in [0.5, 0.6) is 0 Å². The van der Waals surface area contributed by atoms with Gasteiger partial charge in [-0.1, -0.05) is 30.3 Å². The van der Waals surface area contributed by atoms with Crippen molar-refractivity contribution >= 4 is 21.7 Å². The Morgan fingerprint density at radius 2 is 1.69 bits per heavy atom. The molecule has 1 unspecified atom stereocenters. The molecule has 0 aromatic heterocycles. The molecule has 1 amide bonds. The number of benzene rings is 1. The molecule has 9 heteroatoms. The van der Waals surface area contributed by atoms with Crippen molar-refractivity contribution < 1.29 is 28.2 Å². The van der Waals surface area contributed by atoms with Gasteiger partial charge in [0.05, 0.1) is 18.8 Å². The summed E-state index contributed by atoms with van der Waals surface area (Å²) in [6.45, 7) is 5.31. The number of carbonyl (C=O) groups is 2. The van der Waals surface area contributed by atoms with Crippen molar-refractivity contribution in [2.24, 2.45) is 0 Å². The number of carboxylic acid groups (broad SMARTS) is 1. The molecular formula is C20H30N2O6S. The van der Waals surface area contributed by atoms with E-state index < -0.39 is 38.1 Å². The van der Waals surface area contributed by atoms with Crippen molar-refractivity contribution in [3.8, 4) is 0 Å². The Balaban J connectivity index is 2.16. The highest BCUT2D eigenvalue weighted by atomic mass is 32.2. The van der Waals surface area contributed by atoms with Gasteiger partial charge in [0.1, 0.15) is 4.75 Å². The van der Waals surface area contributed by atoms with Crippen LogP contribution in [0.4, 0.5) is 0 Å². The summed E-state index contributed by atoms with van der Waals surface area (Å²) in [5.74, 6) is -2.69. The Morgan fingerprint density at radius 1 is 1.10 bits per heavy atom. The van der Waals surface area contributed by atoms with Gasteiger partial charge in [0.25, 0.3) is 0 Å². The van der Waals surface area contributed by atoms with Crippen LogP contribution in [-0.4, -0.2) is 90.1 Å². The Kier molecular flexibility index (Phi) is 7.79. The lowest BCUT2D eigenvalue weighted by Crippen LogP contribution is -2.57. The predicted octanol–water partition coefficient (Wildman–Crippen LogP) is 0.575. The normalized spacial score (nSPS) is 17.1. The van der Waals surface area contributed by atoms with Crippen molar-refractivity contribution in [3.63, 3.8) is 0 Å². The minimum atomic E-state index is -3.93. The van der Waals surface area contributed by atoms with E-state index in [1.165, 1.54) is 13.8 Å². The van der Waals surface area contributed by atoms with Gasteiger partial charge >= 0.3 is 5.97 Å². The molecule has 1 aliphatic heterocycles. The maximum atomic E-state index is 13.2. The molecule has 0 spiro atoms. The molecule has 0 bridgehead atoms. The number of nitrogens with zero attached hydrogens (tertiary/aromatic N) is 2. The lowest BCUT2D eigenvalue weighted by atomic mass is 9.98. The van der Waals surface area contributed by atoms with E-state index in [0.717, 1.165) is 0 Å². The second-order valence-corrected chi connectivity index (χ2v) is 10.4. The molecule has 0 aliphatic carbocycles. The maximum absolute atomic E-state index is 13.2. The number of hydrogen-bond acceptors (Lipinski definition) is 6. The third-order valence-corrected chi connectivity index (χ3v) is 8.05. The Labute approximate surface area is 172 Å². The van der Waals surface area contributed by atoms with Gasteiger partial charge in [0.15, 0.2) is 9.84 Å². The maximum Gasteiger partial charge on any atom is 0.303 e. The summed E-state index contributed by atoms with van der Waals surface area (Å²) in [6, 6.07) is 8.66. The number of sulfone groups is 1. The molecule has 29 heavy (non-hydrogen) atoms. The predicted molar refractivity (Wildman–Crippen MR) is 109 cm³/mol. The minimum Gasteiger partial charge on any atom is -0.481 e. The zero-order chi connectivity index (χ0) is 21.7. The van der Waals surface area contributed by atoms with Gasteiger partial charge in [-0.3, -0.25) is 14.5 Å². The van der Waals surface area contributed by atoms with Crippen LogP contribution in [0.2, 0.25) is 0 Å². The molecule has 1 aromatic carbocycles. The first-order valence-corrected chi connectivity index (χ1v) is 11.4. The number of aliphatic hydroxyl groups excluding tert-OH is 1. The van der Waals surface area contributed by atoms with Crippen LogP contribution in [0.3, 0.4) is 0 Å². The van der Waals surface area contributed by atoms with E-state index in [0.29, 0.717) is 38.3 Å². The Bertz CT molecular complexity index is 802. The van der Waals surface area contributed by atoms with E-state index >= 15 is 0 Å². The second-order valence-electron chi connectivity index (χ2n) is 7.85. The smallest absolute Gasteiger partial charge is 0.303 e. The largest absolute Gasteiger partial charge is 0.481 e. The molecular weight excluding hydrogens is 396 g/mol. The molecule has 162 valence electrons. The molecule has 1 heterocycles. The average Bonchev–Trinajstić information content (AvgIpc) is 2.68. The molecule has 0 saturated carbocycles. The summed E-state index contributed by atoms with van der Waals surface area (Å²) < 4.78 is 24.7. The van der Waals surface area contributed by atoms with E-state index in [4.69, 9.17) is 5.11 Å². The first kappa shape index (κ1) is 23.3. The standard InChI is InChI=1S/C20H30N2O6S/c1-20(2,19(26)22-10-8-21(9-11-22)12-13-23)29(27,28)15-17(14-18(24)25)16-6-4-3-5-7-16/h3-7,17,23H,8-15H2,1-2H3,(H,24,25). The fourth-order valence-electron chi connectivity index (χ4n) is 3.51. The summed E-state index contributed by atoms with van der Waals surface area (Å²) in [5, 5.41) is 18.3. The third-order valence-electron chi connectivity index (χ3n) is 5.48. The van der Waals surface area contributed by atoms with Crippen molar-refractivity contribution in [2.45, 2.75) is 30.9 Å². The SMILES string of the molecule is CC(C)(C(=O)N1CCN(CCO)CC1)S(=O)(=O)CC(CC(=O)O)c1ccccc1. The topological polar surface area (TPSA) is 115 Å². The first-order chi connectivity index (χ1) is 13.6. The van der Waals surface area contributed by atoms with Gasteiger partial charge < -0.3 is 15.1 Å². The summed E-state index contributed by atoms with van der Waals surface area (Å²) in [5.41, 5.74) is 0.624. The minimum absolute atomic E-state index is 0.0400. The monoisotopic (exact) mass is 426 g/mol. The van der Waals surface area contributed by atoms with Gasteiger partial charge in [-0.25, -0.2) is 8.42 Å². The van der Waals surface area contributed by atoms with Gasteiger partial charge in [-0.05, 0) is 19.4 Å². The molecule has 1 aliphatic rings. The van der Waals surface area contributed by atoms with E-state index in [2.05, 4.69) is 0 Å². The highest BCUT2D eigenvalue weighted by Crippen LogP contribution is 2.29. The number of carbonyl (C=O) groups excluding carboxylic acids is 1. The fraction of sp³-hybridized carbons (Fsp3) is 0.600. The molecule has 2 N–H and O–H groups in total. The van der Waals surface area contributed by atoms with Crippen molar-refractivity contribution in [1.29, 1.82) is 0 Å². The lowest BCUT2D eigenvalue weighted by molar-refractivity contribution is -0.137. The Morgan fingerprint density at radius 3 is 2.21 bits per heavy atom. The third kappa shape index (κ3) is 5.77. The van der Waals surface area contributed by atoms with Crippen LogP contribution in [0, 0.1) is 0 Å². The second kappa shape index (κ2) is 9.69. The number of rotatable bonds is 9. The number of β-amino-alcohol motifs (C(OH)–C–C–N with tert-alkyl or cyclic N) is 1. The highest BCUT2D eigenvalue weighted by molar-refractivity contribution is 7.93. The van der Waals surface area contributed by atoms with Gasteiger partial charge in [-0.15, -0.1) is 0 Å². The summed E-state index contributed by atoms with van der Waals surface area (Å²) in [6.07, 6.45) is -0.326.